The summed E-state index contributed by atoms with van der Waals surface area (Å²) in [7, 11) is 3.42. The van der Waals surface area contributed by atoms with Crippen molar-refractivity contribution in [3.8, 4) is 11.5 Å². The second kappa shape index (κ2) is 9.08. The number of amides is 2. The Kier molecular flexibility index (Phi) is 6.23. The van der Waals surface area contributed by atoms with Gasteiger partial charge in [0.15, 0.2) is 18.1 Å². The highest BCUT2D eigenvalue weighted by Crippen LogP contribution is 2.38. The molecule has 1 fully saturated rings. The first-order chi connectivity index (χ1) is 15.4. The zero-order valence-electron chi connectivity index (χ0n) is 18.0. The fourth-order valence-electron chi connectivity index (χ4n) is 4.20. The van der Waals surface area contributed by atoms with Crippen molar-refractivity contribution in [1.82, 2.24) is 14.5 Å². The first kappa shape index (κ1) is 22.0. The molecule has 3 aromatic rings. The molecule has 2 N–H and O–H groups in total. The lowest BCUT2D eigenvalue weighted by Gasteiger charge is -2.35. The van der Waals surface area contributed by atoms with E-state index in [1.165, 1.54) is 13.2 Å². The van der Waals surface area contributed by atoms with Crippen LogP contribution in [0, 0.1) is 0 Å². The summed E-state index contributed by atoms with van der Waals surface area (Å²) in [5, 5.41) is 0.172. The molecule has 8 nitrogen and oxygen atoms in total. The minimum atomic E-state index is -0.637. The summed E-state index contributed by atoms with van der Waals surface area (Å²) in [4.78, 5) is 31.3. The van der Waals surface area contributed by atoms with Gasteiger partial charge >= 0.3 is 0 Å². The number of fused-ring (bicyclic) bond motifs is 1. The van der Waals surface area contributed by atoms with Crippen molar-refractivity contribution in [1.29, 1.82) is 0 Å². The summed E-state index contributed by atoms with van der Waals surface area (Å²) in [5.41, 5.74) is 7.47. The van der Waals surface area contributed by atoms with Gasteiger partial charge < -0.3 is 24.7 Å². The molecule has 2 amide bonds. The number of piperidine rings is 1. The maximum absolute atomic E-state index is 13.6. The van der Waals surface area contributed by atoms with Gasteiger partial charge in [-0.25, -0.2) is 4.98 Å². The van der Waals surface area contributed by atoms with Gasteiger partial charge in [-0.2, -0.15) is 0 Å². The zero-order valence-corrected chi connectivity index (χ0v) is 18.8. The highest BCUT2D eigenvalue weighted by atomic mass is 35.5. The lowest BCUT2D eigenvalue weighted by Crippen LogP contribution is -2.39. The number of likely N-dealkylation sites (tertiary alicyclic amines) is 1. The van der Waals surface area contributed by atoms with Crippen LogP contribution >= 0.6 is 11.6 Å². The molecule has 0 bridgehead atoms. The van der Waals surface area contributed by atoms with Crippen molar-refractivity contribution in [2.45, 2.75) is 25.3 Å². The number of carbonyl (C=O) groups excluding carboxylic acids is 2. The number of imidazole rings is 1. The fraction of sp³-hybridized carbons (Fsp3) is 0.348. The average Bonchev–Trinajstić information content (AvgIpc) is 3.13. The van der Waals surface area contributed by atoms with Gasteiger partial charge in [-0.1, -0.05) is 23.7 Å². The van der Waals surface area contributed by atoms with Gasteiger partial charge in [0.05, 0.1) is 29.2 Å². The second-order valence-corrected chi connectivity index (χ2v) is 8.18. The maximum Gasteiger partial charge on any atom is 0.255 e. The number of halogens is 1. The number of rotatable bonds is 6. The van der Waals surface area contributed by atoms with Crippen molar-refractivity contribution in [2.75, 3.05) is 20.3 Å². The molecule has 1 saturated heterocycles. The lowest BCUT2D eigenvalue weighted by atomic mass is 10.00. The Morgan fingerprint density at radius 3 is 2.75 bits per heavy atom. The molecule has 9 heteroatoms. The van der Waals surface area contributed by atoms with Crippen LogP contribution in [0.4, 0.5) is 0 Å². The summed E-state index contributed by atoms with van der Waals surface area (Å²) in [5.74, 6) is 0.498. The number of benzene rings is 2. The largest absolute Gasteiger partial charge is 0.493 e. The summed E-state index contributed by atoms with van der Waals surface area (Å²) in [6.45, 7) is 0.275. The Labute approximate surface area is 190 Å². The Balaban J connectivity index is 1.68. The molecule has 32 heavy (non-hydrogen) atoms. The van der Waals surface area contributed by atoms with Gasteiger partial charge in [-0.05, 0) is 43.5 Å². The van der Waals surface area contributed by atoms with E-state index in [4.69, 9.17) is 31.8 Å². The molecule has 0 radical (unpaired) electrons. The van der Waals surface area contributed by atoms with Crippen molar-refractivity contribution >= 4 is 34.4 Å². The number of ether oxygens (including phenoxy) is 2. The molecule has 4 rings (SSSR count). The number of nitrogens with zero attached hydrogens (tertiary/aromatic N) is 3. The topological polar surface area (TPSA) is 99.7 Å². The van der Waals surface area contributed by atoms with E-state index in [1.54, 1.807) is 6.07 Å². The highest BCUT2D eigenvalue weighted by molar-refractivity contribution is 6.32. The predicted octanol–water partition coefficient (Wildman–Crippen LogP) is 3.47. The summed E-state index contributed by atoms with van der Waals surface area (Å²) < 4.78 is 12.8. The highest BCUT2D eigenvalue weighted by Gasteiger charge is 2.32. The molecular formula is C23H25ClN4O4. The van der Waals surface area contributed by atoms with Crippen LogP contribution in [0.5, 0.6) is 11.5 Å². The van der Waals surface area contributed by atoms with E-state index in [-0.39, 0.29) is 35.1 Å². The number of nitrogens with two attached hydrogens (primary N) is 1. The fourth-order valence-corrected chi connectivity index (χ4v) is 4.46. The van der Waals surface area contributed by atoms with Gasteiger partial charge in [0.2, 0.25) is 0 Å². The van der Waals surface area contributed by atoms with Crippen LogP contribution in [-0.2, 0) is 11.8 Å². The quantitative estimate of drug-likeness (QED) is 0.612. The number of methoxy groups -OCH3 is 1. The van der Waals surface area contributed by atoms with Gasteiger partial charge in [0, 0.05) is 19.2 Å². The van der Waals surface area contributed by atoms with E-state index >= 15 is 0 Å². The molecule has 1 atom stereocenters. The van der Waals surface area contributed by atoms with Crippen LogP contribution < -0.4 is 15.2 Å². The summed E-state index contributed by atoms with van der Waals surface area (Å²) in [6, 6.07) is 10.9. The molecule has 1 aliphatic heterocycles. The van der Waals surface area contributed by atoms with Crippen molar-refractivity contribution < 1.29 is 19.1 Å². The van der Waals surface area contributed by atoms with E-state index in [1.807, 2.05) is 36.2 Å². The monoisotopic (exact) mass is 456 g/mol. The van der Waals surface area contributed by atoms with Crippen molar-refractivity contribution in [3.63, 3.8) is 0 Å². The molecule has 0 saturated carbocycles. The second-order valence-electron chi connectivity index (χ2n) is 7.77. The van der Waals surface area contributed by atoms with Gasteiger partial charge in [-0.15, -0.1) is 0 Å². The molecule has 2 heterocycles. The zero-order chi connectivity index (χ0) is 22.8. The smallest absolute Gasteiger partial charge is 0.255 e. The van der Waals surface area contributed by atoms with E-state index in [9.17, 15) is 9.59 Å². The van der Waals surface area contributed by atoms with Gasteiger partial charge in [0.1, 0.15) is 5.82 Å². The van der Waals surface area contributed by atoms with Gasteiger partial charge in [-0.3, -0.25) is 9.59 Å². The Morgan fingerprint density at radius 2 is 2.03 bits per heavy atom. The third kappa shape index (κ3) is 4.10. The molecule has 0 aliphatic carbocycles. The van der Waals surface area contributed by atoms with Crippen LogP contribution in [0.3, 0.4) is 0 Å². The molecule has 1 aliphatic rings. The predicted molar refractivity (Wildman–Crippen MR) is 121 cm³/mol. The summed E-state index contributed by atoms with van der Waals surface area (Å²) >= 11 is 6.37. The number of hydrogen-bond acceptors (Lipinski definition) is 5. The Morgan fingerprint density at radius 1 is 1.25 bits per heavy atom. The van der Waals surface area contributed by atoms with E-state index < -0.39 is 5.91 Å². The first-order valence-electron chi connectivity index (χ1n) is 10.4. The third-order valence-electron chi connectivity index (χ3n) is 5.72. The van der Waals surface area contributed by atoms with Crippen LogP contribution in [0.25, 0.3) is 11.0 Å². The minimum Gasteiger partial charge on any atom is -0.493 e. The number of hydrogen-bond donors (Lipinski definition) is 1. The molecule has 168 valence electrons. The number of aromatic nitrogens is 2. The van der Waals surface area contributed by atoms with Crippen LogP contribution in [-0.4, -0.2) is 46.5 Å². The number of carbonyl (C=O) groups is 2. The lowest BCUT2D eigenvalue weighted by molar-refractivity contribution is -0.119. The first-order valence-corrected chi connectivity index (χ1v) is 10.8. The molecule has 1 aromatic heterocycles. The minimum absolute atomic E-state index is 0.149. The molecule has 1 unspecified atom stereocenters. The Hall–Kier alpha value is -3.26. The SMILES string of the molecule is COc1cc(C(=O)N2CCCCC2c2nc3ccccc3n2C)cc(Cl)c1OCC(N)=O. The molecule has 2 aromatic carbocycles. The third-order valence-corrected chi connectivity index (χ3v) is 6.00. The number of primary amides is 1. The van der Waals surface area contributed by atoms with E-state index in [0.717, 1.165) is 36.1 Å². The van der Waals surface area contributed by atoms with E-state index in [0.29, 0.717) is 12.1 Å². The molecule has 0 spiro atoms. The maximum atomic E-state index is 13.6. The van der Waals surface area contributed by atoms with E-state index in [2.05, 4.69) is 4.57 Å². The summed E-state index contributed by atoms with van der Waals surface area (Å²) in [6.07, 6.45) is 2.76. The van der Waals surface area contributed by atoms with Crippen LogP contribution in [0.15, 0.2) is 36.4 Å². The van der Waals surface area contributed by atoms with Crippen molar-refractivity contribution in [2.24, 2.45) is 12.8 Å². The average molecular weight is 457 g/mol. The van der Waals surface area contributed by atoms with Crippen LogP contribution in [0.2, 0.25) is 5.02 Å². The van der Waals surface area contributed by atoms with Gasteiger partial charge in [0.25, 0.3) is 11.8 Å². The normalized spacial score (nSPS) is 16.2. The van der Waals surface area contributed by atoms with Crippen LogP contribution in [0.1, 0.15) is 41.5 Å². The molecular weight excluding hydrogens is 432 g/mol. The standard InChI is InChI=1S/C23H25ClN4O4/c1-27-17-8-4-3-7-16(17)26-22(27)18-9-5-6-10-28(18)23(30)14-11-15(24)21(19(12-14)31-2)32-13-20(25)29/h3-4,7-8,11-12,18H,5-6,9-10,13H2,1-2H3,(H2,25,29). The number of aryl methyl sites for hydroxylation is 1. The van der Waals surface area contributed by atoms with Crippen molar-refractivity contribution in [3.05, 3.63) is 52.8 Å². The number of para-hydroxylation sites is 2. The Bertz CT molecular complexity index is 1180.